The first-order chi connectivity index (χ1) is 16.5. The summed E-state index contributed by atoms with van der Waals surface area (Å²) in [6.45, 7) is 4.17. The third-order valence-corrected chi connectivity index (χ3v) is 6.65. The summed E-state index contributed by atoms with van der Waals surface area (Å²) in [5.74, 6) is 0.770. The largest absolute Gasteiger partial charge is 0.349 e. The summed E-state index contributed by atoms with van der Waals surface area (Å²) in [5, 5.41) is 6.78. The molecule has 0 aliphatic heterocycles. The molecule has 0 spiro atoms. The fourth-order valence-corrected chi connectivity index (χ4v) is 4.67. The highest BCUT2D eigenvalue weighted by Gasteiger charge is 2.22. The summed E-state index contributed by atoms with van der Waals surface area (Å²) in [4.78, 5) is 22.2. The third kappa shape index (κ3) is 4.39. The first-order valence-electron chi connectivity index (χ1n) is 11.8. The monoisotopic (exact) mass is 454 g/mol. The number of carbonyl (C=O) groups excluding carboxylic acids is 1. The standard InChI is InChI=1S/C27H30N6O/c1-17-5-3-6-18(2)24(17)32-26-25(20-7-4-13-29-16-20)31-23-15-19(12-14-33(23)26)27(34)30-22-10-8-21(28)9-11-22/h3-7,12-16,21-22,32H,8-11,28H2,1-2H3,(H,30,34). The molecular weight excluding hydrogens is 424 g/mol. The first kappa shape index (κ1) is 22.1. The van der Waals surface area contributed by atoms with Gasteiger partial charge in [0, 0.05) is 47.5 Å². The lowest BCUT2D eigenvalue weighted by molar-refractivity contribution is 0.0926. The highest BCUT2D eigenvalue weighted by molar-refractivity contribution is 5.95. The molecule has 4 aromatic rings. The number of hydrogen-bond donors (Lipinski definition) is 3. The van der Waals surface area contributed by atoms with E-state index in [1.165, 1.54) is 0 Å². The van der Waals surface area contributed by atoms with Crippen LogP contribution in [0.15, 0.2) is 61.1 Å². The number of anilines is 2. The number of hydrogen-bond acceptors (Lipinski definition) is 5. The minimum Gasteiger partial charge on any atom is -0.349 e. The molecule has 1 aliphatic rings. The van der Waals surface area contributed by atoms with E-state index in [4.69, 9.17) is 10.7 Å². The van der Waals surface area contributed by atoms with E-state index in [1.54, 1.807) is 12.4 Å². The maximum absolute atomic E-state index is 13.0. The Morgan fingerprint density at radius 3 is 2.53 bits per heavy atom. The van der Waals surface area contributed by atoms with E-state index in [9.17, 15) is 4.79 Å². The number of para-hydroxylation sites is 1. The molecule has 4 N–H and O–H groups in total. The summed E-state index contributed by atoms with van der Waals surface area (Å²) in [6.07, 6.45) is 9.21. The topological polar surface area (TPSA) is 97.3 Å². The number of amides is 1. The van der Waals surface area contributed by atoms with Gasteiger partial charge >= 0.3 is 0 Å². The van der Waals surface area contributed by atoms with Crippen molar-refractivity contribution in [2.45, 2.75) is 51.6 Å². The van der Waals surface area contributed by atoms with Crippen LogP contribution in [-0.4, -0.2) is 32.4 Å². The lowest BCUT2D eigenvalue weighted by Crippen LogP contribution is -2.40. The van der Waals surface area contributed by atoms with Crippen LogP contribution in [0.4, 0.5) is 11.5 Å². The summed E-state index contributed by atoms with van der Waals surface area (Å²) < 4.78 is 1.99. The molecule has 174 valence electrons. The van der Waals surface area contributed by atoms with Gasteiger partial charge in [0.2, 0.25) is 0 Å². The quantitative estimate of drug-likeness (QED) is 0.404. The second kappa shape index (κ2) is 9.27. The van der Waals surface area contributed by atoms with E-state index in [1.807, 2.05) is 34.9 Å². The number of aryl methyl sites for hydroxylation is 2. The second-order valence-electron chi connectivity index (χ2n) is 9.17. The molecule has 1 aromatic carbocycles. The fourth-order valence-electron chi connectivity index (χ4n) is 4.67. The first-order valence-corrected chi connectivity index (χ1v) is 11.8. The Hall–Kier alpha value is -3.71. The molecule has 3 heterocycles. The van der Waals surface area contributed by atoms with Gasteiger partial charge in [0.25, 0.3) is 5.91 Å². The molecule has 0 radical (unpaired) electrons. The molecule has 0 atom stereocenters. The van der Waals surface area contributed by atoms with Crippen LogP contribution in [-0.2, 0) is 0 Å². The van der Waals surface area contributed by atoms with Crippen molar-refractivity contribution in [2.24, 2.45) is 5.73 Å². The van der Waals surface area contributed by atoms with Crippen LogP contribution < -0.4 is 16.4 Å². The van der Waals surface area contributed by atoms with E-state index >= 15 is 0 Å². The van der Waals surface area contributed by atoms with Gasteiger partial charge in [0.1, 0.15) is 17.2 Å². The highest BCUT2D eigenvalue weighted by atomic mass is 16.1. The molecule has 1 amide bonds. The van der Waals surface area contributed by atoms with E-state index in [0.29, 0.717) is 11.2 Å². The van der Waals surface area contributed by atoms with Crippen LogP contribution in [0.1, 0.15) is 47.2 Å². The molecule has 0 unspecified atom stereocenters. The van der Waals surface area contributed by atoms with E-state index in [-0.39, 0.29) is 18.0 Å². The van der Waals surface area contributed by atoms with Crippen molar-refractivity contribution in [2.75, 3.05) is 5.32 Å². The van der Waals surface area contributed by atoms with Gasteiger partial charge in [-0.2, -0.15) is 0 Å². The van der Waals surface area contributed by atoms with Crippen molar-refractivity contribution in [3.05, 3.63) is 77.7 Å². The minimum absolute atomic E-state index is 0.0712. The van der Waals surface area contributed by atoms with E-state index in [2.05, 4.69) is 47.7 Å². The lowest BCUT2D eigenvalue weighted by Gasteiger charge is -2.26. The van der Waals surface area contributed by atoms with Crippen molar-refractivity contribution < 1.29 is 4.79 Å². The average Bonchev–Trinajstić information content (AvgIpc) is 3.21. The molecule has 1 aliphatic carbocycles. The molecule has 5 rings (SSSR count). The van der Waals surface area contributed by atoms with Crippen molar-refractivity contribution in [1.82, 2.24) is 19.7 Å². The van der Waals surface area contributed by atoms with Crippen molar-refractivity contribution in [3.63, 3.8) is 0 Å². The van der Waals surface area contributed by atoms with Crippen LogP contribution >= 0.6 is 0 Å². The van der Waals surface area contributed by atoms with Gasteiger partial charge in [-0.25, -0.2) is 4.98 Å². The Morgan fingerprint density at radius 1 is 1.06 bits per heavy atom. The average molecular weight is 455 g/mol. The predicted molar refractivity (Wildman–Crippen MR) is 135 cm³/mol. The smallest absolute Gasteiger partial charge is 0.251 e. The molecular formula is C27H30N6O. The number of imidazole rings is 1. The number of carbonyl (C=O) groups is 1. The Labute approximate surface area is 199 Å². The summed E-state index contributed by atoms with van der Waals surface area (Å²) in [6, 6.07) is 14.2. The van der Waals surface area contributed by atoms with Crippen LogP contribution in [0.5, 0.6) is 0 Å². The number of pyridine rings is 2. The van der Waals surface area contributed by atoms with E-state index < -0.39 is 0 Å². The van der Waals surface area contributed by atoms with Crippen molar-refractivity contribution >= 4 is 23.1 Å². The molecule has 1 saturated carbocycles. The van der Waals surface area contributed by atoms with Crippen LogP contribution in [0.2, 0.25) is 0 Å². The molecule has 3 aromatic heterocycles. The Bertz CT molecular complexity index is 1300. The highest BCUT2D eigenvalue weighted by Crippen LogP contribution is 2.33. The zero-order chi connectivity index (χ0) is 23.7. The number of fused-ring (bicyclic) bond motifs is 1. The van der Waals surface area contributed by atoms with Crippen molar-refractivity contribution in [3.8, 4) is 11.3 Å². The molecule has 7 heteroatoms. The number of nitrogens with one attached hydrogen (secondary N) is 2. The summed E-state index contributed by atoms with van der Waals surface area (Å²) in [7, 11) is 0. The van der Waals surface area contributed by atoms with Gasteiger partial charge in [0.15, 0.2) is 0 Å². The Balaban J connectivity index is 1.52. The van der Waals surface area contributed by atoms with Gasteiger partial charge in [-0.1, -0.05) is 18.2 Å². The van der Waals surface area contributed by atoms with Gasteiger partial charge in [-0.3, -0.25) is 14.2 Å². The summed E-state index contributed by atoms with van der Waals surface area (Å²) in [5.41, 5.74) is 12.3. The van der Waals surface area contributed by atoms with Gasteiger partial charge in [0.05, 0.1) is 0 Å². The summed E-state index contributed by atoms with van der Waals surface area (Å²) >= 11 is 0. The number of nitrogens with two attached hydrogens (primary N) is 1. The Morgan fingerprint density at radius 2 is 1.82 bits per heavy atom. The number of benzene rings is 1. The Kier molecular flexibility index (Phi) is 6.02. The van der Waals surface area contributed by atoms with Crippen LogP contribution in [0.25, 0.3) is 16.9 Å². The van der Waals surface area contributed by atoms with Gasteiger partial charge < -0.3 is 16.4 Å². The predicted octanol–water partition coefficient (Wildman–Crippen LogP) is 4.76. The number of rotatable bonds is 5. The van der Waals surface area contributed by atoms with Crippen LogP contribution in [0, 0.1) is 13.8 Å². The van der Waals surface area contributed by atoms with E-state index in [0.717, 1.165) is 59.6 Å². The molecule has 7 nitrogen and oxygen atoms in total. The van der Waals surface area contributed by atoms with Crippen LogP contribution in [0.3, 0.4) is 0 Å². The fraction of sp³-hybridized carbons (Fsp3) is 0.296. The maximum atomic E-state index is 13.0. The zero-order valence-electron chi connectivity index (χ0n) is 19.6. The van der Waals surface area contributed by atoms with Gasteiger partial charge in [-0.05, 0) is 74.9 Å². The lowest BCUT2D eigenvalue weighted by atomic mass is 9.91. The zero-order valence-corrected chi connectivity index (χ0v) is 19.6. The maximum Gasteiger partial charge on any atom is 0.251 e. The molecule has 0 saturated heterocycles. The number of nitrogens with zero attached hydrogens (tertiary/aromatic N) is 3. The molecule has 1 fully saturated rings. The SMILES string of the molecule is Cc1cccc(C)c1Nc1c(-c2cccnc2)nc2cc(C(=O)NC3CCC(N)CC3)ccn12. The molecule has 0 bridgehead atoms. The van der Waals surface area contributed by atoms with Gasteiger partial charge in [-0.15, -0.1) is 0 Å². The second-order valence-corrected chi connectivity index (χ2v) is 9.17. The number of aromatic nitrogens is 3. The minimum atomic E-state index is -0.0712. The normalized spacial score (nSPS) is 18.1. The van der Waals surface area contributed by atoms with Crippen molar-refractivity contribution in [1.29, 1.82) is 0 Å². The molecule has 34 heavy (non-hydrogen) atoms. The third-order valence-electron chi connectivity index (χ3n) is 6.65.